The highest BCUT2D eigenvalue weighted by atomic mass is 16.5. The summed E-state index contributed by atoms with van der Waals surface area (Å²) in [6, 6.07) is 22.7. The number of benzene rings is 3. The molecule has 0 N–H and O–H groups in total. The molecule has 33 heavy (non-hydrogen) atoms. The lowest BCUT2D eigenvalue weighted by molar-refractivity contribution is -0.645. The Morgan fingerprint density at radius 2 is 1.70 bits per heavy atom. The van der Waals surface area contributed by atoms with Gasteiger partial charge in [0.15, 0.2) is 0 Å². The second-order valence-electron chi connectivity index (χ2n) is 7.61. The summed E-state index contributed by atoms with van der Waals surface area (Å²) in [5.74, 6) is 0.478. The van der Waals surface area contributed by atoms with Crippen LogP contribution in [-0.2, 0) is 0 Å². The molecule has 4 aromatic rings. The molecule has 0 amide bonds. The normalized spacial score (nSPS) is 11.2. The molecular formula is C27H25N3O3. The highest BCUT2D eigenvalue weighted by Gasteiger charge is 2.18. The fourth-order valence-corrected chi connectivity index (χ4v) is 3.49. The summed E-state index contributed by atoms with van der Waals surface area (Å²) in [5.41, 5.74) is 3.86. The molecule has 0 saturated carbocycles. The molecule has 4 rings (SSSR count). The minimum atomic E-state index is -0.384. The van der Waals surface area contributed by atoms with Gasteiger partial charge in [0.2, 0.25) is 11.0 Å². The van der Waals surface area contributed by atoms with E-state index < -0.39 is 0 Å². The SMILES string of the molecule is C=CCCCCOc1ccc(-c2ccc(C=CC(=O)n3n[n+]([O-])c4ccccc43)cc2)cc1. The zero-order valence-corrected chi connectivity index (χ0v) is 18.3. The Morgan fingerprint density at radius 3 is 2.42 bits per heavy atom. The molecule has 1 aromatic heterocycles. The molecule has 0 aliphatic heterocycles. The van der Waals surface area contributed by atoms with Crippen molar-refractivity contribution >= 4 is 23.0 Å². The van der Waals surface area contributed by atoms with E-state index in [-0.39, 0.29) is 5.91 Å². The predicted octanol–water partition coefficient (Wildman–Crippen LogP) is 5.43. The number of carbonyl (C=O) groups excluding carboxylic acids is 1. The smallest absolute Gasteiger partial charge is 0.359 e. The van der Waals surface area contributed by atoms with Gasteiger partial charge >= 0.3 is 5.91 Å². The van der Waals surface area contributed by atoms with Crippen LogP contribution in [0.3, 0.4) is 0 Å². The largest absolute Gasteiger partial charge is 0.691 e. The van der Waals surface area contributed by atoms with Crippen molar-refractivity contribution in [2.24, 2.45) is 0 Å². The number of fused-ring (bicyclic) bond motifs is 1. The van der Waals surface area contributed by atoms with Gasteiger partial charge in [-0.3, -0.25) is 0 Å². The average molecular weight is 440 g/mol. The number of allylic oxidation sites excluding steroid dienone is 2. The van der Waals surface area contributed by atoms with Crippen molar-refractivity contribution in [2.45, 2.75) is 19.3 Å². The molecule has 0 saturated heterocycles. The number of carbonyl (C=O) groups is 1. The van der Waals surface area contributed by atoms with Gasteiger partial charge in [-0.15, -0.1) is 11.4 Å². The Morgan fingerprint density at radius 1 is 1.00 bits per heavy atom. The Kier molecular flexibility index (Phi) is 6.95. The Labute approximate surface area is 192 Å². The van der Waals surface area contributed by atoms with Crippen LogP contribution in [0.25, 0.3) is 28.2 Å². The second kappa shape index (κ2) is 10.4. The van der Waals surface area contributed by atoms with Gasteiger partial charge in [0, 0.05) is 6.08 Å². The molecule has 0 fully saturated rings. The van der Waals surface area contributed by atoms with Crippen LogP contribution < -0.4 is 9.58 Å². The van der Waals surface area contributed by atoms with Crippen molar-refractivity contribution in [3.63, 3.8) is 0 Å². The summed E-state index contributed by atoms with van der Waals surface area (Å²) in [5, 5.41) is 15.6. The summed E-state index contributed by atoms with van der Waals surface area (Å²) in [7, 11) is 0. The molecule has 0 spiro atoms. The van der Waals surface area contributed by atoms with Crippen molar-refractivity contribution in [1.82, 2.24) is 9.90 Å². The topological polar surface area (TPSA) is 71.1 Å². The number of hydrogen-bond acceptors (Lipinski definition) is 4. The van der Waals surface area contributed by atoms with Crippen LogP contribution in [0.4, 0.5) is 0 Å². The maximum atomic E-state index is 12.5. The number of aromatic nitrogens is 3. The van der Waals surface area contributed by atoms with Gasteiger partial charge in [-0.1, -0.05) is 59.3 Å². The first-order valence-electron chi connectivity index (χ1n) is 10.9. The van der Waals surface area contributed by atoms with Crippen molar-refractivity contribution in [2.75, 3.05) is 6.61 Å². The molecular weight excluding hydrogens is 414 g/mol. The predicted molar refractivity (Wildman–Crippen MR) is 130 cm³/mol. The first kappa shape index (κ1) is 22.0. The third-order valence-electron chi connectivity index (χ3n) is 5.28. The van der Waals surface area contributed by atoms with E-state index in [0.29, 0.717) is 22.5 Å². The number of unbranched alkanes of at least 4 members (excludes halogenated alkanes) is 2. The van der Waals surface area contributed by atoms with Gasteiger partial charge < -0.3 is 9.94 Å². The van der Waals surface area contributed by atoms with E-state index in [2.05, 4.69) is 11.8 Å². The third kappa shape index (κ3) is 5.36. The van der Waals surface area contributed by atoms with Crippen LogP contribution in [-0.4, -0.2) is 22.4 Å². The second-order valence-corrected chi connectivity index (χ2v) is 7.61. The standard InChI is InChI=1S/C27H25N3O3/c1-2-3-4-7-20-33-24-17-15-23(16-18-24)22-13-10-21(11-14-22)12-19-27(31)29-25-8-5-6-9-26(25)30(32)28-29/h2,5-6,8-19H,1,3-4,7,20H2. The molecule has 166 valence electrons. The Bertz CT molecular complexity index is 1270. The molecule has 0 unspecified atom stereocenters. The summed E-state index contributed by atoms with van der Waals surface area (Å²) in [4.78, 5) is 13.0. The summed E-state index contributed by atoms with van der Waals surface area (Å²) < 4.78 is 6.89. The van der Waals surface area contributed by atoms with Crippen LogP contribution in [0.2, 0.25) is 0 Å². The molecule has 6 heteroatoms. The third-order valence-corrected chi connectivity index (χ3v) is 5.28. The lowest BCUT2D eigenvalue weighted by Crippen LogP contribution is -2.30. The van der Waals surface area contributed by atoms with Crippen molar-refractivity contribution in [1.29, 1.82) is 0 Å². The van der Waals surface area contributed by atoms with Gasteiger partial charge in [-0.25, -0.2) is 4.79 Å². The van der Waals surface area contributed by atoms with Crippen LogP contribution in [0, 0.1) is 5.21 Å². The highest BCUT2D eigenvalue weighted by Crippen LogP contribution is 2.23. The summed E-state index contributed by atoms with van der Waals surface area (Å²) in [6.45, 7) is 4.43. The molecule has 0 aliphatic rings. The average Bonchev–Trinajstić information content (AvgIpc) is 3.20. The fraction of sp³-hybridized carbons (Fsp3) is 0.148. The van der Waals surface area contributed by atoms with Crippen LogP contribution in [0.5, 0.6) is 5.75 Å². The van der Waals surface area contributed by atoms with E-state index in [4.69, 9.17) is 4.74 Å². The molecule has 1 heterocycles. The maximum Gasteiger partial charge on any atom is 0.359 e. The lowest BCUT2D eigenvalue weighted by atomic mass is 10.0. The zero-order valence-electron chi connectivity index (χ0n) is 18.3. The van der Waals surface area contributed by atoms with Crippen LogP contribution >= 0.6 is 0 Å². The molecule has 0 bridgehead atoms. The van der Waals surface area contributed by atoms with Gasteiger partial charge in [0.05, 0.1) is 6.61 Å². The maximum absolute atomic E-state index is 12.5. The molecule has 0 radical (unpaired) electrons. The van der Waals surface area contributed by atoms with E-state index in [0.717, 1.165) is 46.4 Å². The minimum absolute atomic E-state index is 0.354. The van der Waals surface area contributed by atoms with Crippen molar-refractivity contribution in [3.8, 4) is 16.9 Å². The van der Waals surface area contributed by atoms with Gasteiger partial charge in [0.25, 0.3) is 0 Å². The van der Waals surface area contributed by atoms with Crippen molar-refractivity contribution in [3.05, 3.63) is 102 Å². The van der Waals surface area contributed by atoms with Crippen molar-refractivity contribution < 1.29 is 14.4 Å². The monoisotopic (exact) mass is 439 g/mol. The molecule has 3 aromatic carbocycles. The first-order chi connectivity index (χ1) is 16.2. The lowest BCUT2D eigenvalue weighted by Gasteiger charge is -2.07. The van der Waals surface area contributed by atoms with Crippen LogP contribution in [0.15, 0.2) is 91.5 Å². The fourth-order valence-electron chi connectivity index (χ4n) is 3.49. The summed E-state index contributed by atoms with van der Waals surface area (Å²) >= 11 is 0. The molecule has 0 aliphatic carbocycles. The minimum Gasteiger partial charge on any atom is -0.691 e. The van der Waals surface area contributed by atoms with Crippen LogP contribution in [0.1, 0.15) is 29.6 Å². The van der Waals surface area contributed by atoms with Gasteiger partial charge in [0.1, 0.15) is 11.0 Å². The molecule has 0 atom stereocenters. The quantitative estimate of drug-likeness (QED) is 0.115. The first-order valence-corrected chi connectivity index (χ1v) is 10.9. The summed E-state index contributed by atoms with van der Waals surface area (Å²) in [6.07, 6.45) is 8.17. The number of nitrogens with zero attached hydrogens (tertiary/aromatic N) is 3. The number of hydrogen-bond donors (Lipinski definition) is 0. The zero-order chi connectivity index (χ0) is 23.0. The Hall–Kier alpha value is -4.19. The van der Waals surface area contributed by atoms with Gasteiger partial charge in [-0.2, -0.15) is 0 Å². The number of ether oxygens (including phenoxy) is 1. The number of para-hydroxylation sites is 2. The van der Waals surface area contributed by atoms with E-state index >= 15 is 0 Å². The van der Waals surface area contributed by atoms with E-state index in [1.54, 1.807) is 30.3 Å². The van der Waals surface area contributed by atoms with E-state index in [1.807, 2.05) is 54.6 Å². The Balaban J connectivity index is 1.38. The van der Waals surface area contributed by atoms with Gasteiger partial charge in [-0.05, 0) is 66.3 Å². The highest BCUT2D eigenvalue weighted by molar-refractivity contribution is 5.97. The van der Waals surface area contributed by atoms with E-state index in [9.17, 15) is 10.0 Å². The molecule has 6 nitrogen and oxygen atoms in total. The number of rotatable bonds is 9. The van der Waals surface area contributed by atoms with E-state index in [1.165, 1.54) is 6.08 Å².